The summed E-state index contributed by atoms with van der Waals surface area (Å²) in [6.45, 7) is 8.19. The summed E-state index contributed by atoms with van der Waals surface area (Å²) in [5, 5.41) is 9.15. The molecule has 0 radical (unpaired) electrons. The summed E-state index contributed by atoms with van der Waals surface area (Å²) in [6.07, 6.45) is -3.94. The van der Waals surface area contributed by atoms with Crippen LogP contribution in [0.15, 0.2) is 18.2 Å². The quantitative estimate of drug-likeness (QED) is 0.696. The van der Waals surface area contributed by atoms with E-state index in [1.54, 1.807) is 20.8 Å². The predicted octanol–water partition coefficient (Wildman–Crippen LogP) is 4.18. The highest BCUT2D eigenvalue weighted by atomic mass is 19.4. The number of esters is 1. The Morgan fingerprint density at radius 2 is 1.69 bits per heavy atom. The van der Waals surface area contributed by atoms with Crippen LogP contribution in [0.2, 0.25) is 0 Å². The highest BCUT2D eigenvalue weighted by Gasteiger charge is 2.50. The fourth-order valence-electron chi connectivity index (χ4n) is 2.90. The maximum absolute atomic E-state index is 13.3. The van der Waals surface area contributed by atoms with Crippen LogP contribution >= 0.6 is 0 Å². The molecule has 0 bridgehead atoms. The minimum Gasteiger partial charge on any atom is -0.460 e. The number of nitriles is 1. The molecule has 0 spiro atoms. The lowest BCUT2D eigenvalue weighted by Gasteiger charge is -2.20. The maximum Gasteiger partial charge on any atom is 0.416 e. The van der Waals surface area contributed by atoms with Crippen molar-refractivity contribution in [2.24, 2.45) is 0 Å². The molecule has 0 amide bonds. The van der Waals surface area contributed by atoms with Gasteiger partial charge in [0.05, 0.1) is 49.9 Å². The smallest absolute Gasteiger partial charge is 0.416 e. The van der Waals surface area contributed by atoms with E-state index >= 15 is 0 Å². The minimum atomic E-state index is -4.56. The fraction of sp³-hybridized carbons (Fsp3) is 0.619. The first-order chi connectivity index (χ1) is 13.5. The van der Waals surface area contributed by atoms with E-state index in [0.717, 1.165) is 32.5 Å². The van der Waals surface area contributed by atoms with Crippen LogP contribution in [-0.4, -0.2) is 38.0 Å². The van der Waals surface area contributed by atoms with Crippen LogP contribution in [0.1, 0.15) is 50.3 Å². The van der Waals surface area contributed by atoms with Crippen LogP contribution < -0.4 is 0 Å². The third-order valence-corrected chi connectivity index (χ3v) is 4.38. The third-order valence-electron chi connectivity index (χ3n) is 4.38. The van der Waals surface area contributed by atoms with Crippen molar-refractivity contribution in [1.82, 2.24) is 0 Å². The Balaban J connectivity index is 0.000000426. The first kappa shape index (κ1) is 23.2. The summed E-state index contributed by atoms with van der Waals surface area (Å²) < 4.78 is 54.9. The van der Waals surface area contributed by atoms with Gasteiger partial charge in [-0.1, -0.05) is 12.1 Å². The van der Waals surface area contributed by atoms with E-state index in [9.17, 15) is 18.0 Å². The molecule has 5 nitrogen and oxygen atoms in total. The van der Waals surface area contributed by atoms with Crippen molar-refractivity contribution >= 4 is 5.97 Å². The number of carbonyl (C=O) groups excluding carboxylic acids is 1. The van der Waals surface area contributed by atoms with Crippen molar-refractivity contribution in [3.8, 4) is 6.07 Å². The zero-order valence-corrected chi connectivity index (χ0v) is 16.9. The molecule has 0 aromatic heterocycles. The Bertz CT molecular complexity index is 743. The zero-order valence-electron chi connectivity index (χ0n) is 16.9. The molecule has 1 saturated heterocycles. The van der Waals surface area contributed by atoms with E-state index in [2.05, 4.69) is 0 Å². The van der Waals surface area contributed by atoms with Gasteiger partial charge in [-0.25, -0.2) is 0 Å². The van der Waals surface area contributed by atoms with Gasteiger partial charge in [-0.05, 0) is 50.8 Å². The summed E-state index contributed by atoms with van der Waals surface area (Å²) >= 11 is 0. The van der Waals surface area contributed by atoms with Crippen LogP contribution in [0.3, 0.4) is 0 Å². The molecule has 1 aliphatic carbocycles. The molecular weight excluding hydrogens is 387 g/mol. The number of benzene rings is 1. The fourth-order valence-corrected chi connectivity index (χ4v) is 2.90. The molecule has 1 saturated carbocycles. The van der Waals surface area contributed by atoms with Crippen LogP contribution in [0.5, 0.6) is 0 Å². The minimum absolute atomic E-state index is 0.000406. The van der Waals surface area contributed by atoms with E-state index in [0.29, 0.717) is 12.8 Å². The van der Waals surface area contributed by atoms with Crippen LogP contribution in [0, 0.1) is 11.3 Å². The average molecular weight is 413 g/mol. The highest BCUT2D eigenvalue weighted by molar-refractivity contribution is 5.73. The number of halogens is 3. The Hall–Kier alpha value is -2.11. The lowest BCUT2D eigenvalue weighted by Crippen LogP contribution is -2.25. The number of alkyl halides is 3. The Morgan fingerprint density at radius 3 is 2.07 bits per heavy atom. The molecule has 2 fully saturated rings. The van der Waals surface area contributed by atoms with Gasteiger partial charge >= 0.3 is 12.1 Å². The molecule has 1 aliphatic heterocycles. The first-order valence-corrected chi connectivity index (χ1v) is 9.46. The van der Waals surface area contributed by atoms with Crippen LogP contribution in [0.25, 0.3) is 0 Å². The third kappa shape index (κ3) is 7.02. The largest absolute Gasteiger partial charge is 0.460 e. The van der Waals surface area contributed by atoms with E-state index in [4.69, 9.17) is 19.5 Å². The Labute approximate surface area is 168 Å². The predicted molar refractivity (Wildman–Crippen MR) is 99.2 cm³/mol. The number of hydrogen-bond acceptors (Lipinski definition) is 5. The lowest BCUT2D eigenvalue weighted by molar-refractivity contribution is -0.154. The van der Waals surface area contributed by atoms with Crippen LogP contribution in [0.4, 0.5) is 13.2 Å². The highest BCUT2D eigenvalue weighted by Crippen LogP contribution is 2.51. The molecule has 1 aromatic carbocycles. The second-order valence-corrected chi connectivity index (χ2v) is 8.06. The summed E-state index contributed by atoms with van der Waals surface area (Å²) in [5.74, 6) is -0.584. The Kier molecular flexibility index (Phi) is 7.30. The van der Waals surface area contributed by atoms with Gasteiger partial charge in [0.1, 0.15) is 5.60 Å². The Morgan fingerprint density at radius 1 is 1.14 bits per heavy atom. The molecule has 1 heterocycles. The van der Waals surface area contributed by atoms with Gasteiger partial charge < -0.3 is 14.2 Å². The molecule has 3 rings (SSSR count). The molecule has 0 unspecified atom stereocenters. The van der Waals surface area contributed by atoms with Gasteiger partial charge in [-0.3, -0.25) is 4.79 Å². The normalized spacial score (nSPS) is 18.1. The SMILES string of the molecule is C1COCCO1.CC(C)(C)OC(=O)Cc1ccc(C2(C#N)CC2)c(C(F)(F)F)c1. The second kappa shape index (κ2) is 9.14. The number of ether oxygens (including phenoxy) is 3. The van der Waals surface area contributed by atoms with E-state index in [1.807, 2.05) is 6.07 Å². The molecule has 8 heteroatoms. The van der Waals surface area contributed by atoms with Crippen LogP contribution in [-0.2, 0) is 37.0 Å². The number of carbonyl (C=O) groups is 1. The van der Waals surface area contributed by atoms with E-state index < -0.39 is 28.7 Å². The zero-order chi connectivity index (χ0) is 21.7. The van der Waals surface area contributed by atoms with Crippen molar-refractivity contribution in [3.63, 3.8) is 0 Å². The average Bonchev–Trinajstić information content (AvgIpc) is 3.42. The molecule has 29 heavy (non-hydrogen) atoms. The maximum atomic E-state index is 13.3. The van der Waals surface area contributed by atoms with Crippen molar-refractivity contribution < 1.29 is 32.2 Å². The molecule has 2 aliphatic rings. The number of hydrogen-bond donors (Lipinski definition) is 0. The van der Waals surface area contributed by atoms with Gasteiger partial charge in [0.25, 0.3) is 0 Å². The van der Waals surface area contributed by atoms with Gasteiger partial charge in [0, 0.05) is 0 Å². The van der Waals surface area contributed by atoms with Gasteiger partial charge in [-0.2, -0.15) is 18.4 Å². The van der Waals surface area contributed by atoms with Gasteiger partial charge in [-0.15, -0.1) is 0 Å². The topological polar surface area (TPSA) is 68.6 Å². The summed E-state index contributed by atoms with van der Waals surface area (Å²) in [5.41, 5.74) is -2.33. The molecule has 160 valence electrons. The van der Waals surface area contributed by atoms with E-state index in [1.165, 1.54) is 12.1 Å². The summed E-state index contributed by atoms with van der Waals surface area (Å²) in [6, 6.07) is 5.72. The van der Waals surface area contributed by atoms with Gasteiger partial charge in [0.15, 0.2) is 0 Å². The van der Waals surface area contributed by atoms with Gasteiger partial charge in [0.2, 0.25) is 0 Å². The molecule has 0 atom stereocenters. The van der Waals surface area contributed by atoms with Crippen molar-refractivity contribution in [1.29, 1.82) is 5.26 Å². The number of rotatable bonds is 3. The summed E-state index contributed by atoms with van der Waals surface area (Å²) in [4.78, 5) is 11.8. The van der Waals surface area contributed by atoms with Crippen molar-refractivity contribution in [2.75, 3.05) is 26.4 Å². The molecule has 0 N–H and O–H groups in total. The number of nitrogens with zero attached hydrogens (tertiary/aromatic N) is 1. The monoisotopic (exact) mass is 413 g/mol. The summed E-state index contributed by atoms with van der Waals surface area (Å²) in [7, 11) is 0. The lowest BCUT2D eigenvalue weighted by atomic mass is 9.90. The van der Waals surface area contributed by atoms with Crippen molar-refractivity contribution in [2.45, 2.75) is 57.2 Å². The van der Waals surface area contributed by atoms with Crippen molar-refractivity contribution in [3.05, 3.63) is 34.9 Å². The molecular formula is C21H26F3NO4. The second-order valence-electron chi connectivity index (χ2n) is 8.06. The van der Waals surface area contributed by atoms with E-state index in [-0.39, 0.29) is 17.5 Å². The first-order valence-electron chi connectivity index (χ1n) is 9.46. The molecule has 1 aromatic rings. The standard InChI is InChI=1S/C17H18F3NO2.C4H8O2/c1-15(2,3)23-14(22)9-11-4-5-12(16(10-21)6-7-16)13(8-11)17(18,19)20;1-2-6-4-3-5-1/h4-5,8H,6-7,9H2,1-3H3;1-4H2.